The van der Waals surface area contributed by atoms with Crippen molar-refractivity contribution in [2.75, 3.05) is 13.2 Å². The Morgan fingerprint density at radius 3 is 2.00 bits per heavy atom. The Balaban J connectivity index is 3.13. The monoisotopic (exact) mass is 258 g/mol. The third kappa shape index (κ3) is 3.69. The van der Waals surface area contributed by atoms with Crippen LogP contribution in [0.15, 0.2) is 0 Å². The SMILES string of the molecule is CC(F)C1COCCC(C(C)(C)C)C1C(C)(C)C. The van der Waals surface area contributed by atoms with E-state index in [0.717, 1.165) is 13.0 Å². The highest BCUT2D eigenvalue weighted by Crippen LogP contribution is 2.49. The molecular weight excluding hydrogens is 227 g/mol. The lowest BCUT2D eigenvalue weighted by molar-refractivity contribution is -0.00816. The zero-order valence-electron chi connectivity index (χ0n) is 13.2. The van der Waals surface area contributed by atoms with Crippen LogP contribution in [-0.4, -0.2) is 19.4 Å². The molecule has 0 radical (unpaired) electrons. The average molecular weight is 258 g/mol. The van der Waals surface area contributed by atoms with Gasteiger partial charge >= 0.3 is 0 Å². The van der Waals surface area contributed by atoms with Gasteiger partial charge in [-0.05, 0) is 36.0 Å². The van der Waals surface area contributed by atoms with Gasteiger partial charge in [0.1, 0.15) is 6.17 Å². The minimum atomic E-state index is -0.794. The molecule has 4 atom stereocenters. The summed E-state index contributed by atoms with van der Waals surface area (Å²) in [5.41, 5.74) is 0.329. The zero-order chi connectivity index (χ0) is 14.1. The van der Waals surface area contributed by atoms with E-state index < -0.39 is 6.17 Å². The van der Waals surface area contributed by atoms with Crippen molar-refractivity contribution in [3.63, 3.8) is 0 Å². The number of alkyl halides is 1. The molecule has 1 aliphatic heterocycles. The Morgan fingerprint density at radius 2 is 1.61 bits per heavy atom. The van der Waals surface area contributed by atoms with E-state index in [1.54, 1.807) is 6.92 Å². The molecule has 0 aromatic carbocycles. The van der Waals surface area contributed by atoms with Gasteiger partial charge in [0, 0.05) is 12.5 Å². The third-order valence-corrected chi connectivity index (χ3v) is 4.48. The first-order valence-electron chi connectivity index (χ1n) is 7.27. The molecule has 108 valence electrons. The second-order valence-electron chi connectivity index (χ2n) is 8.07. The lowest BCUT2D eigenvalue weighted by Gasteiger charge is -2.46. The second kappa shape index (κ2) is 5.48. The quantitative estimate of drug-likeness (QED) is 0.662. The maximum absolute atomic E-state index is 14.0. The van der Waals surface area contributed by atoms with E-state index in [1.807, 2.05) is 0 Å². The Bertz CT molecular complexity index is 259. The average Bonchev–Trinajstić information content (AvgIpc) is 2.36. The second-order valence-corrected chi connectivity index (χ2v) is 8.07. The Morgan fingerprint density at radius 1 is 1.06 bits per heavy atom. The van der Waals surface area contributed by atoms with E-state index in [2.05, 4.69) is 41.5 Å². The summed E-state index contributed by atoms with van der Waals surface area (Å²) >= 11 is 0. The molecule has 2 heteroatoms. The Hall–Kier alpha value is -0.110. The number of ether oxygens (including phenoxy) is 1. The fourth-order valence-electron chi connectivity index (χ4n) is 3.65. The van der Waals surface area contributed by atoms with E-state index >= 15 is 0 Å². The summed E-state index contributed by atoms with van der Waals surface area (Å²) in [5.74, 6) is 0.917. The largest absolute Gasteiger partial charge is 0.381 e. The van der Waals surface area contributed by atoms with Crippen LogP contribution in [0.1, 0.15) is 54.9 Å². The first-order valence-corrected chi connectivity index (χ1v) is 7.27. The summed E-state index contributed by atoms with van der Waals surface area (Å²) in [6.07, 6.45) is 0.256. The molecule has 18 heavy (non-hydrogen) atoms. The minimum Gasteiger partial charge on any atom is -0.381 e. The predicted octanol–water partition coefficient (Wildman–Crippen LogP) is 4.71. The summed E-state index contributed by atoms with van der Waals surface area (Å²) < 4.78 is 19.7. The van der Waals surface area contributed by atoms with E-state index in [9.17, 15) is 4.39 Å². The van der Waals surface area contributed by atoms with Crippen LogP contribution in [0.25, 0.3) is 0 Å². The highest BCUT2D eigenvalue weighted by molar-refractivity contribution is 4.93. The summed E-state index contributed by atoms with van der Waals surface area (Å²) in [6.45, 7) is 16.6. The van der Waals surface area contributed by atoms with Crippen molar-refractivity contribution in [1.29, 1.82) is 0 Å². The molecule has 0 saturated carbocycles. The van der Waals surface area contributed by atoms with Crippen molar-refractivity contribution >= 4 is 0 Å². The van der Waals surface area contributed by atoms with Crippen molar-refractivity contribution in [1.82, 2.24) is 0 Å². The van der Waals surface area contributed by atoms with Gasteiger partial charge in [-0.25, -0.2) is 4.39 Å². The molecule has 0 aliphatic carbocycles. The van der Waals surface area contributed by atoms with E-state index in [4.69, 9.17) is 4.74 Å². The molecule has 1 fully saturated rings. The van der Waals surface area contributed by atoms with Gasteiger partial charge in [-0.15, -0.1) is 0 Å². The minimum absolute atomic E-state index is 0.0247. The number of halogens is 1. The van der Waals surface area contributed by atoms with Crippen LogP contribution in [0.2, 0.25) is 0 Å². The maximum atomic E-state index is 14.0. The van der Waals surface area contributed by atoms with Gasteiger partial charge in [-0.2, -0.15) is 0 Å². The van der Waals surface area contributed by atoms with Crippen molar-refractivity contribution < 1.29 is 9.13 Å². The van der Waals surface area contributed by atoms with Crippen LogP contribution in [0.5, 0.6) is 0 Å². The van der Waals surface area contributed by atoms with Crippen LogP contribution in [0.3, 0.4) is 0 Å². The van der Waals surface area contributed by atoms with Crippen molar-refractivity contribution in [3.8, 4) is 0 Å². The molecule has 0 aromatic heterocycles. The topological polar surface area (TPSA) is 9.23 Å². The van der Waals surface area contributed by atoms with Gasteiger partial charge in [0.2, 0.25) is 0 Å². The van der Waals surface area contributed by atoms with E-state index in [-0.39, 0.29) is 16.7 Å². The van der Waals surface area contributed by atoms with Gasteiger partial charge in [0.05, 0.1) is 6.61 Å². The van der Waals surface area contributed by atoms with Crippen LogP contribution in [0, 0.1) is 28.6 Å². The van der Waals surface area contributed by atoms with Gasteiger partial charge in [0.15, 0.2) is 0 Å². The molecular formula is C16H31FO. The molecule has 0 bridgehead atoms. The summed E-state index contributed by atoms with van der Waals surface area (Å²) in [7, 11) is 0. The molecule has 0 amide bonds. The fraction of sp³-hybridized carbons (Fsp3) is 1.00. The van der Waals surface area contributed by atoms with Crippen LogP contribution in [0.4, 0.5) is 4.39 Å². The molecule has 0 spiro atoms. The molecule has 0 aromatic rings. The summed E-state index contributed by atoms with van der Waals surface area (Å²) in [6, 6.07) is 0. The van der Waals surface area contributed by atoms with Crippen molar-refractivity contribution in [2.24, 2.45) is 28.6 Å². The molecule has 1 nitrogen and oxygen atoms in total. The normalized spacial score (nSPS) is 33.0. The van der Waals surface area contributed by atoms with E-state index in [0.29, 0.717) is 18.4 Å². The molecule has 1 aliphatic rings. The van der Waals surface area contributed by atoms with Crippen LogP contribution in [-0.2, 0) is 4.74 Å². The third-order valence-electron chi connectivity index (χ3n) is 4.48. The van der Waals surface area contributed by atoms with Gasteiger partial charge in [-0.3, -0.25) is 0 Å². The lowest BCUT2D eigenvalue weighted by Crippen LogP contribution is -2.43. The summed E-state index contributed by atoms with van der Waals surface area (Å²) in [5, 5.41) is 0. The van der Waals surface area contributed by atoms with E-state index in [1.165, 1.54) is 0 Å². The van der Waals surface area contributed by atoms with Crippen LogP contribution < -0.4 is 0 Å². The molecule has 1 rings (SSSR count). The predicted molar refractivity (Wildman–Crippen MR) is 75.4 cm³/mol. The van der Waals surface area contributed by atoms with Gasteiger partial charge in [0.25, 0.3) is 0 Å². The first kappa shape index (κ1) is 15.9. The Labute approximate surface area is 112 Å². The van der Waals surface area contributed by atoms with Crippen molar-refractivity contribution in [3.05, 3.63) is 0 Å². The fourth-order valence-corrected chi connectivity index (χ4v) is 3.65. The van der Waals surface area contributed by atoms with Gasteiger partial charge < -0.3 is 4.74 Å². The standard InChI is InChI=1S/C16H31FO/c1-11(17)12-10-18-9-8-13(15(2,3)4)14(12)16(5,6)7/h11-14H,8-10H2,1-7H3. The lowest BCUT2D eigenvalue weighted by atomic mass is 9.59. The zero-order valence-corrected chi connectivity index (χ0v) is 13.2. The smallest absolute Gasteiger partial charge is 0.103 e. The summed E-state index contributed by atoms with van der Waals surface area (Å²) in [4.78, 5) is 0. The molecule has 0 N–H and O–H groups in total. The highest BCUT2D eigenvalue weighted by atomic mass is 19.1. The maximum Gasteiger partial charge on any atom is 0.103 e. The molecule has 4 unspecified atom stereocenters. The van der Waals surface area contributed by atoms with Crippen LogP contribution >= 0.6 is 0 Å². The number of hydrogen-bond donors (Lipinski definition) is 0. The highest BCUT2D eigenvalue weighted by Gasteiger charge is 2.45. The first-order chi connectivity index (χ1) is 8.05. The molecule has 1 heterocycles. The Kier molecular flexibility index (Phi) is 4.86. The molecule has 1 saturated heterocycles. The number of hydrogen-bond acceptors (Lipinski definition) is 1. The van der Waals surface area contributed by atoms with Gasteiger partial charge in [-0.1, -0.05) is 41.5 Å². The number of rotatable bonds is 1. The van der Waals surface area contributed by atoms with Crippen molar-refractivity contribution in [2.45, 2.75) is 61.1 Å².